The van der Waals surface area contributed by atoms with Gasteiger partial charge in [-0.1, -0.05) is 6.58 Å². The van der Waals surface area contributed by atoms with Crippen LogP contribution in [0.1, 0.15) is 27.7 Å². The van der Waals surface area contributed by atoms with E-state index < -0.39 is 0 Å². The van der Waals surface area contributed by atoms with E-state index >= 15 is 0 Å². The predicted octanol–water partition coefficient (Wildman–Crippen LogP) is 1.64. The average molecular weight is 326 g/mol. The van der Waals surface area contributed by atoms with Crippen molar-refractivity contribution in [3.8, 4) is 11.5 Å². The van der Waals surface area contributed by atoms with E-state index in [4.69, 9.17) is 4.42 Å². The van der Waals surface area contributed by atoms with Crippen molar-refractivity contribution in [3.63, 3.8) is 0 Å². The fraction of sp³-hybridized carbons (Fsp3) is 0.400. The third-order valence-electron chi connectivity index (χ3n) is 4.20. The van der Waals surface area contributed by atoms with Gasteiger partial charge < -0.3 is 9.32 Å². The molecule has 1 aliphatic carbocycles. The van der Waals surface area contributed by atoms with Crippen molar-refractivity contribution in [1.29, 1.82) is 0 Å². The van der Waals surface area contributed by atoms with Crippen LogP contribution in [0.4, 0.5) is 0 Å². The Morgan fingerprint density at radius 2 is 1.88 bits per heavy atom. The summed E-state index contributed by atoms with van der Waals surface area (Å²) in [6, 6.07) is 6.15. The molecule has 1 aliphatic heterocycles. The van der Waals surface area contributed by atoms with Crippen LogP contribution in [0.3, 0.4) is 0 Å². The third-order valence-corrected chi connectivity index (χ3v) is 4.20. The quantitative estimate of drug-likeness (QED) is 0.757. The molecule has 0 atom stereocenters. The van der Waals surface area contributed by atoms with E-state index in [0.717, 1.165) is 48.3 Å². The Labute approximate surface area is 144 Å². The smallest absolute Gasteiger partial charge is 0.203 e. The topological polar surface area (TPSA) is 32.3 Å². The van der Waals surface area contributed by atoms with Gasteiger partial charge in [0.2, 0.25) is 5.36 Å². The Morgan fingerprint density at radius 1 is 1.17 bits per heavy atom. The number of rotatable bonds is 6. The highest BCUT2D eigenvalue weighted by Gasteiger charge is 2.09. The first-order valence-corrected chi connectivity index (χ1v) is 8.73. The molecule has 24 heavy (non-hydrogen) atoms. The standard InChI is InChI=1S/C20H28N3O/c1-6-22(7-2)14-10-11-18-16(5)24-20-15-17(23(8-3)9-4)12-13-19(20)21-18/h10-15H,5-9H2,1-4H3/q+1. The van der Waals surface area contributed by atoms with Gasteiger partial charge in [-0.2, -0.15) is 0 Å². The molecule has 4 nitrogen and oxygen atoms in total. The highest BCUT2D eigenvalue weighted by Crippen LogP contribution is 2.11. The number of hydrogen-bond donors (Lipinski definition) is 0. The Balaban J connectivity index is 2.49. The van der Waals surface area contributed by atoms with E-state index in [9.17, 15) is 0 Å². The molecule has 2 aliphatic rings. The van der Waals surface area contributed by atoms with Crippen molar-refractivity contribution in [2.75, 3.05) is 26.2 Å². The monoisotopic (exact) mass is 326 g/mol. The molecule has 0 aromatic rings. The van der Waals surface area contributed by atoms with E-state index in [1.807, 2.05) is 24.3 Å². The van der Waals surface area contributed by atoms with Gasteiger partial charge in [-0.05, 0) is 52.1 Å². The predicted molar refractivity (Wildman–Crippen MR) is 101 cm³/mol. The van der Waals surface area contributed by atoms with Crippen LogP contribution < -0.4 is 20.7 Å². The number of nitrogens with zero attached hydrogens (tertiary/aromatic N) is 3. The van der Waals surface area contributed by atoms with Gasteiger partial charge in [-0.3, -0.25) is 0 Å². The van der Waals surface area contributed by atoms with Gasteiger partial charge in [0.05, 0.1) is 6.07 Å². The molecule has 2 rings (SSSR count). The fourth-order valence-corrected chi connectivity index (χ4v) is 2.66. The molecule has 0 radical (unpaired) electrons. The lowest BCUT2D eigenvalue weighted by Crippen LogP contribution is -2.31. The van der Waals surface area contributed by atoms with Gasteiger partial charge in [-0.25, -0.2) is 9.56 Å². The zero-order chi connectivity index (χ0) is 17.5. The Bertz CT molecular complexity index is 838. The van der Waals surface area contributed by atoms with E-state index in [2.05, 4.69) is 61.0 Å². The summed E-state index contributed by atoms with van der Waals surface area (Å²) in [7, 11) is 0. The molecule has 128 valence electrons. The molecule has 0 saturated heterocycles. The Hall–Kier alpha value is -2.36. The average Bonchev–Trinajstić information content (AvgIpc) is 2.60. The first kappa shape index (κ1) is 18.0. The lowest BCUT2D eigenvalue weighted by atomic mass is 10.2. The molecule has 0 aromatic heterocycles. The molecular weight excluding hydrogens is 298 g/mol. The lowest BCUT2D eigenvalue weighted by Gasteiger charge is -2.13. The molecule has 0 aromatic carbocycles. The molecule has 0 saturated carbocycles. The first-order valence-electron chi connectivity index (χ1n) is 8.73. The summed E-state index contributed by atoms with van der Waals surface area (Å²) in [6.07, 6.45) is 6.01. The summed E-state index contributed by atoms with van der Waals surface area (Å²) >= 11 is 0. The van der Waals surface area contributed by atoms with Crippen LogP contribution in [-0.2, 0) is 0 Å². The molecule has 0 spiro atoms. The van der Waals surface area contributed by atoms with Crippen molar-refractivity contribution >= 4 is 12.7 Å². The maximum atomic E-state index is 5.90. The Morgan fingerprint density at radius 3 is 2.50 bits per heavy atom. The zero-order valence-corrected chi connectivity index (χ0v) is 15.2. The van der Waals surface area contributed by atoms with Crippen LogP contribution >= 0.6 is 0 Å². The second-order valence-corrected chi connectivity index (χ2v) is 5.58. The van der Waals surface area contributed by atoms with Gasteiger partial charge in [-0.15, -0.1) is 0 Å². The maximum Gasteiger partial charge on any atom is 0.203 e. The number of aromatic nitrogens is 1. The van der Waals surface area contributed by atoms with Gasteiger partial charge in [0, 0.05) is 19.2 Å². The van der Waals surface area contributed by atoms with E-state index in [-0.39, 0.29) is 0 Å². The normalized spacial score (nSPS) is 12.2. The van der Waals surface area contributed by atoms with Gasteiger partial charge in [0.1, 0.15) is 29.5 Å². The maximum absolute atomic E-state index is 5.90. The molecule has 0 amide bonds. The van der Waals surface area contributed by atoms with E-state index in [1.165, 1.54) is 0 Å². The van der Waals surface area contributed by atoms with Crippen LogP contribution in [0.2, 0.25) is 0 Å². The first-order chi connectivity index (χ1) is 11.6. The SMILES string of the molecule is C=c1oc2cc(=[N+](CC)CC)ccc-2nc1=CC=CN(CC)CC. The van der Waals surface area contributed by atoms with Crippen LogP contribution in [0.5, 0.6) is 0 Å². The minimum atomic E-state index is 0.586. The van der Waals surface area contributed by atoms with Crippen molar-refractivity contribution in [2.45, 2.75) is 27.7 Å². The summed E-state index contributed by atoms with van der Waals surface area (Å²) in [4.78, 5) is 6.89. The van der Waals surface area contributed by atoms with Crippen LogP contribution in [-0.4, -0.2) is 36.1 Å². The highest BCUT2D eigenvalue weighted by atomic mass is 16.3. The van der Waals surface area contributed by atoms with E-state index in [1.54, 1.807) is 0 Å². The summed E-state index contributed by atoms with van der Waals surface area (Å²) in [5, 5.41) is 1.91. The van der Waals surface area contributed by atoms with Crippen molar-refractivity contribution < 1.29 is 4.42 Å². The molecular formula is C20H28N3O+. The summed E-state index contributed by atoms with van der Waals surface area (Å²) in [5.41, 5.74) is 1.43. The lowest BCUT2D eigenvalue weighted by molar-refractivity contribution is 0.419. The van der Waals surface area contributed by atoms with Gasteiger partial charge in [0.25, 0.3) is 0 Å². The van der Waals surface area contributed by atoms with E-state index in [0.29, 0.717) is 5.42 Å². The zero-order valence-electron chi connectivity index (χ0n) is 15.2. The minimum Gasteiger partial charge on any atom is -0.453 e. The number of benzene rings is 1. The molecule has 4 heteroatoms. The van der Waals surface area contributed by atoms with Crippen molar-refractivity contribution in [3.05, 3.63) is 46.6 Å². The van der Waals surface area contributed by atoms with Crippen molar-refractivity contribution in [1.82, 2.24) is 14.5 Å². The second kappa shape index (κ2) is 8.48. The summed E-state index contributed by atoms with van der Waals surface area (Å²) in [5.74, 6) is 0.772. The molecule has 0 fully saturated rings. The Kier molecular flexibility index (Phi) is 6.36. The van der Waals surface area contributed by atoms with Crippen LogP contribution in [0, 0.1) is 0 Å². The number of allylic oxidation sites excluding steroid dienone is 1. The highest BCUT2D eigenvalue weighted by molar-refractivity contribution is 5.53. The molecule has 0 bridgehead atoms. The molecule has 1 heterocycles. The number of fused-ring (bicyclic) bond motifs is 1. The number of hydrogen-bond acceptors (Lipinski definition) is 3. The molecule has 0 N–H and O–H groups in total. The fourth-order valence-electron chi connectivity index (χ4n) is 2.66. The largest absolute Gasteiger partial charge is 0.453 e. The summed E-state index contributed by atoms with van der Waals surface area (Å²) in [6.45, 7) is 16.5. The second-order valence-electron chi connectivity index (χ2n) is 5.58. The van der Waals surface area contributed by atoms with Crippen molar-refractivity contribution in [2.24, 2.45) is 0 Å². The van der Waals surface area contributed by atoms with Crippen LogP contribution in [0.15, 0.2) is 34.9 Å². The molecule has 0 unspecified atom stereocenters. The third kappa shape index (κ3) is 4.13. The van der Waals surface area contributed by atoms with Gasteiger partial charge in [0.15, 0.2) is 5.76 Å². The van der Waals surface area contributed by atoms with Crippen LogP contribution in [0.25, 0.3) is 24.1 Å². The minimum absolute atomic E-state index is 0.586. The van der Waals surface area contributed by atoms with Gasteiger partial charge >= 0.3 is 0 Å². The summed E-state index contributed by atoms with van der Waals surface area (Å²) < 4.78 is 8.19.